The van der Waals surface area contributed by atoms with Gasteiger partial charge in [-0.1, -0.05) is 29.8 Å². The number of rotatable bonds is 7. The molecule has 27 heavy (non-hydrogen) atoms. The number of hydrogen-bond acceptors (Lipinski definition) is 2. The van der Waals surface area contributed by atoms with Gasteiger partial charge in [-0.2, -0.15) is 0 Å². The second-order valence-corrected chi connectivity index (χ2v) is 7.05. The Morgan fingerprint density at radius 3 is 2.52 bits per heavy atom. The Kier molecular flexibility index (Phi) is 7.07. The molecule has 0 aliphatic carbocycles. The molecule has 0 aliphatic rings. The molecule has 0 saturated carbocycles. The second-order valence-electron chi connectivity index (χ2n) is 7.05. The van der Waals surface area contributed by atoms with Crippen molar-refractivity contribution in [3.05, 3.63) is 65.0 Å². The number of likely N-dealkylation sites (N-methyl/N-ethyl adjacent to an activating group) is 2. The third-order valence-corrected chi connectivity index (χ3v) is 4.36. The highest BCUT2D eigenvalue weighted by Gasteiger charge is 2.18. The highest BCUT2D eigenvalue weighted by molar-refractivity contribution is 5.91. The van der Waals surface area contributed by atoms with E-state index >= 15 is 0 Å². The summed E-state index contributed by atoms with van der Waals surface area (Å²) in [6.45, 7) is 4.94. The number of nitrogens with one attached hydrogen (secondary N) is 2. The van der Waals surface area contributed by atoms with E-state index < -0.39 is 5.82 Å². The molecule has 6 heteroatoms. The summed E-state index contributed by atoms with van der Waals surface area (Å²) in [4.78, 5) is 27.0. The number of amides is 2. The van der Waals surface area contributed by atoms with E-state index in [1.807, 2.05) is 26.0 Å². The maximum atomic E-state index is 13.2. The molecule has 0 fully saturated rings. The molecular weight excluding hydrogens is 345 g/mol. The standard InChI is InChI=1S/C21H26FN3O2/c1-15-8-9-17(16(2)10-15)12-25(4)21(27)14-24(3)13-20(26)23-19-7-5-6-18(22)11-19/h5-11H,12-14H2,1-4H3,(H,23,26)/p+1. The molecule has 0 aliphatic heterocycles. The SMILES string of the molecule is Cc1ccc(CN(C)C(=O)C[NH+](C)CC(=O)Nc2cccc(F)c2)c(C)c1. The molecule has 0 radical (unpaired) electrons. The van der Waals surface area contributed by atoms with E-state index in [-0.39, 0.29) is 24.9 Å². The molecule has 0 aromatic heterocycles. The normalized spacial score (nSPS) is 11.7. The predicted octanol–water partition coefficient (Wildman–Crippen LogP) is 1.55. The van der Waals surface area contributed by atoms with Crippen LogP contribution in [0.25, 0.3) is 0 Å². The zero-order valence-electron chi connectivity index (χ0n) is 16.3. The smallest absolute Gasteiger partial charge is 0.279 e. The molecule has 144 valence electrons. The molecule has 0 bridgehead atoms. The molecule has 1 unspecified atom stereocenters. The minimum atomic E-state index is -0.406. The number of anilines is 1. The first-order chi connectivity index (χ1) is 12.7. The zero-order valence-corrected chi connectivity index (χ0v) is 16.3. The average molecular weight is 372 g/mol. The molecule has 2 N–H and O–H groups in total. The van der Waals surface area contributed by atoms with E-state index in [4.69, 9.17) is 0 Å². The fourth-order valence-corrected chi connectivity index (χ4v) is 2.87. The van der Waals surface area contributed by atoms with Crippen molar-refractivity contribution in [2.24, 2.45) is 0 Å². The van der Waals surface area contributed by atoms with Gasteiger partial charge in [0.25, 0.3) is 11.8 Å². The van der Waals surface area contributed by atoms with E-state index in [0.29, 0.717) is 12.2 Å². The van der Waals surface area contributed by atoms with Crippen molar-refractivity contribution in [3.8, 4) is 0 Å². The lowest BCUT2D eigenvalue weighted by atomic mass is 10.1. The topological polar surface area (TPSA) is 53.9 Å². The fraction of sp³-hybridized carbons (Fsp3) is 0.333. The van der Waals surface area contributed by atoms with E-state index in [2.05, 4.69) is 11.4 Å². The summed E-state index contributed by atoms with van der Waals surface area (Å²) >= 11 is 0. The predicted molar refractivity (Wildman–Crippen MR) is 104 cm³/mol. The summed E-state index contributed by atoms with van der Waals surface area (Å²) in [5.74, 6) is -0.703. The summed E-state index contributed by atoms with van der Waals surface area (Å²) < 4.78 is 13.2. The van der Waals surface area contributed by atoms with Gasteiger partial charge in [0.2, 0.25) is 0 Å². The fourth-order valence-electron chi connectivity index (χ4n) is 2.87. The van der Waals surface area contributed by atoms with Gasteiger partial charge in [-0.15, -0.1) is 0 Å². The summed E-state index contributed by atoms with van der Waals surface area (Å²) in [7, 11) is 3.55. The van der Waals surface area contributed by atoms with Crippen molar-refractivity contribution < 1.29 is 18.9 Å². The first-order valence-corrected chi connectivity index (χ1v) is 8.91. The van der Waals surface area contributed by atoms with Crippen LogP contribution in [0.15, 0.2) is 42.5 Å². The molecular formula is C21H27FN3O2+. The van der Waals surface area contributed by atoms with Gasteiger partial charge in [-0.3, -0.25) is 9.59 Å². The van der Waals surface area contributed by atoms with Crippen molar-refractivity contribution in [1.29, 1.82) is 0 Å². The Hall–Kier alpha value is -2.73. The Morgan fingerprint density at radius 2 is 1.85 bits per heavy atom. The highest BCUT2D eigenvalue weighted by Crippen LogP contribution is 2.12. The summed E-state index contributed by atoms with van der Waals surface area (Å²) in [5.41, 5.74) is 3.87. The van der Waals surface area contributed by atoms with Crippen LogP contribution in [-0.2, 0) is 16.1 Å². The maximum Gasteiger partial charge on any atom is 0.279 e. The first-order valence-electron chi connectivity index (χ1n) is 8.91. The van der Waals surface area contributed by atoms with Crippen molar-refractivity contribution >= 4 is 17.5 Å². The lowest BCUT2D eigenvalue weighted by Crippen LogP contribution is -3.11. The van der Waals surface area contributed by atoms with Crippen LogP contribution in [0.2, 0.25) is 0 Å². The molecule has 0 saturated heterocycles. The Labute approximate surface area is 159 Å². The van der Waals surface area contributed by atoms with Crippen LogP contribution in [0.5, 0.6) is 0 Å². The molecule has 5 nitrogen and oxygen atoms in total. The van der Waals surface area contributed by atoms with Crippen LogP contribution in [0, 0.1) is 19.7 Å². The van der Waals surface area contributed by atoms with Gasteiger partial charge in [0, 0.05) is 19.3 Å². The molecule has 2 aromatic rings. The highest BCUT2D eigenvalue weighted by atomic mass is 19.1. The number of quaternary nitrogens is 1. The molecule has 2 rings (SSSR count). The average Bonchev–Trinajstić information content (AvgIpc) is 2.56. The monoisotopic (exact) mass is 372 g/mol. The van der Waals surface area contributed by atoms with Gasteiger partial charge in [0.05, 0.1) is 7.05 Å². The lowest BCUT2D eigenvalue weighted by molar-refractivity contribution is -0.862. The number of hydrogen-bond donors (Lipinski definition) is 2. The van der Waals surface area contributed by atoms with E-state index in [0.717, 1.165) is 16.0 Å². The van der Waals surface area contributed by atoms with Crippen molar-refractivity contribution in [1.82, 2.24) is 4.90 Å². The number of halogens is 1. The van der Waals surface area contributed by atoms with Gasteiger partial charge in [0.15, 0.2) is 13.1 Å². The molecule has 0 heterocycles. The van der Waals surface area contributed by atoms with Crippen LogP contribution in [0.1, 0.15) is 16.7 Å². The van der Waals surface area contributed by atoms with Crippen molar-refractivity contribution in [3.63, 3.8) is 0 Å². The minimum Gasteiger partial charge on any atom is -0.337 e. The third-order valence-electron chi connectivity index (χ3n) is 4.36. The minimum absolute atomic E-state index is 0.0361. The van der Waals surface area contributed by atoms with Gasteiger partial charge in [-0.25, -0.2) is 4.39 Å². The quantitative estimate of drug-likeness (QED) is 0.775. The number of nitrogens with zero attached hydrogens (tertiary/aromatic N) is 1. The van der Waals surface area contributed by atoms with E-state index in [1.54, 1.807) is 25.1 Å². The van der Waals surface area contributed by atoms with Crippen molar-refractivity contribution in [2.75, 3.05) is 32.5 Å². The first kappa shape index (κ1) is 20.6. The zero-order chi connectivity index (χ0) is 20.0. The van der Waals surface area contributed by atoms with Crippen LogP contribution >= 0.6 is 0 Å². The number of aryl methyl sites for hydroxylation is 2. The molecule has 2 aromatic carbocycles. The third kappa shape index (κ3) is 6.49. The Balaban J connectivity index is 1.84. The van der Waals surface area contributed by atoms with Crippen LogP contribution in [0.4, 0.5) is 10.1 Å². The van der Waals surface area contributed by atoms with Gasteiger partial charge in [-0.05, 0) is 43.2 Å². The summed E-state index contributed by atoms with van der Waals surface area (Å²) in [6.07, 6.45) is 0. The molecule has 1 atom stereocenters. The molecule has 2 amide bonds. The van der Waals surface area contributed by atoms with Gasteiger partial charge < -0.3 is 15.1 Å². The van der Waals surface area contributed by atoms with Crippen LogP contribution in [0.3, 0.4) is 0 Å². The van der Waals surface area contributed by atoms with Crippen LogP contribution < -0.4 is 10.2 Å². The largest absolute Gasteiger partial charge is 0.337 e. The summed E-state index contributed by atoms with van der Waals surface area (Å²) in [6, 6.07) is 11.9. The Bertz CT molecular complexity index is 823. The lowest BCUT2D eigenvalue weighted by Gasteiger charge is -2.21. The van der Waals surface area contributed by atoms with E-state index in [9.17, 15) is 14.0 Å². The Morgan fingerprint density at radius 1 is 1.11 bits per heavy atom. The van der Waals surface area contributed by atoms with Gasteiger partial charge in [0.1, 0.15) is 5.82 Å². The number of benzene rings is 2. The van der Waals surface area contributed by atoms with Crippen molar-refractivity contribution in [2.45, 2.75) is 20.4 Å². The number of carbonyl (C=O) groups excluding carboxylic acids is 2. The number of carbonyl (C=O) groups is 2. The van der Waals surface area contributed by atoms with E-state index in [1.165, 1.54) is 23.8 Å². The maximum absolute atomic E-state index is 13.2. The van der Waals surface area contributed by atoms with Crippen LogP contribution in [-0.4, -0.2) is 43.9 Å². The summed E-state index contributed by atoms with van der Waals surface area (Å²) in [5, 5.41) is 2.64. The second kappa shape index (κ2) is 9.28. The van der Waals surface area contributed by atoms with Gasteiger partial charge >= 0.3 is 0 Å². The molecule has 0 spiro atoms.